The molecule has 0 aromatic rings. The summed E-state index contributed by atoms with van der Waals surface area (Å²) in [6, 6.07) is 0. The molecule has 0 radical (unpaired) electrons. The van der Waals surface area contributed by atoms with Gasteiger partial charge in [-0.3, -0.25) is 0 Å². The third-order valence-electron chi connectivity index (χ3n) is 0.542. The molecule has 0 amide bonds. The fraction of sp³-hybridized carbons (Fsp3) is 0.167. The Balaban J connectivity index is 0. The van der Waals surface area contributed by atoms with Gasteiger partial charge < -0.3 is 5.11 Å². The molecule has 0 saturated heterocycles. The van der Waals surface area contributed by atoms with Crippen molar-refractivity contribution in [2.75, 3.05) is 0 Å². The SMILES string of the molecule is CC=CC=CC(=O)O.P. The van der Waals surface area contributed by atoms with Gasteiger partial charge in [-0.2, -0.15) is 9.90 Å². The molecule has 0 spiro atoms. The molecule has 2 nitrogen and oxygen atoms in total. The molecule has 1 N–H and O–H groups in total. The summed E-state index contributed by atoms with van der Waals surface area (Å²) in [5.74, 6) is -0.914. The van der Waals surface area contributed by atoms with Crippen LogP contribution in [0.2, 0.25) is 0 Å². The van der Waals surface area contributed by atoms with Gasteiger partial charge in [0.25, 0.3) is 0 Å². The molecule has 1 atom stereocenters. The normalized spacial score (nSPS) is 9.89. The van der Waals surface area contributed by atoms with E-state index in [1.54, 1.807) is 12.2 Å². The molecular weight excluding hydrogens is 135 g/mol. The van der Waals surface area contributed by atoms with Gasteiger partial charge in [-0.25, -0.2) is 4.79 Å². The molecule has 0 heterocycles. The standard InChI is InChI=1S/C6H8O2.H3P/c1-2-3-4-5-6(7)8;/h2-5H,1H3,(H,7,8);1H3. The quantitative estimate of drug-likeness (QED) is 0.361. The van der Waals surface area contributed by atoms with Crippen LogP contribution in [0.15, 0.2) is 24.3 Å². The first kappa shape index (κ1) is 11.2. The Hall–Kier alpha value is -0.620. The molecule has 0 aliphatic carbocycles. The highest BCUT2D eigenvalue weighted by molar-refractivity contribution is 6.92. The van der Waals surface area contributed by atoms with Gasteiger partial charge in [0.05, 0.1) is 0 Å². The molecule has 0 aliphatic rings. The summed E-state index contributed by atoms with van der Waals surface area (Å²) in [4.78, 5) is 9.75. The predicted octanol–water partition coefficient (Wildman–Crippen LogP) is 1.26. The highest BCUT2D eigenvalue weighted by Gasteiger charge is 1.78. The van der Waals surface area contributed by atoms with E-state index in [4.69, 9.17) is 5.11 Å². The van der Waals surface area contributed by atoms with Crippen molar-refractivity contribution in [1.29, 1.82) is 0 Å². The Bertz CT molecular complexity index is 127. The van der Waals surface area contributed by atoms with Gasteiger partial charge in [-0.05, 0) is 6.92 Å². The third kappa shape index (κ3) is 11.1. The summed E-state index contributed by atoms with van der Waals surface area (Å²) in [5.41, 5.74) is 0. The van der Waals surface area contributed by atoms with Crippen LogP contribution in [0.1, 0.15) is 6.92 Å². The van der Waals surface area contributed by atoms with Gasteiger partial charge in [0.1, 0.15) is 0 Å². The fourth-order valence-electron chi connectivity index (χ4n) is 0.249. The van der Waals surface area contributed by atoms with Crippen molar-refractivity contribution in [3.05, 3.63) is 24.3 Å². The van der Waals surface area contributed by atoms with E-state index in [1.165, 1.54) is 6.08 Å². The molecule has 0 bridgehead atoms. The van der Waals surface area contributed by atoms with Gasteiger partial charge in [0.15, 0.2) is 0 Å². The van der Waals surface area contributed by atoms with Crippen LogP contribution in [0.4, 0.5) is 0 Å². The smallest absolute Gasteiger partial charge is 0.328 e. The summed E-state index contributed by atoms with van der Waals surface area (Å²) in [7, 11) is 0. The molecule has 0 aromatic heterocycles. The van der Waals surface area contributed by atoms with Crippen LogP contribution in [0.3, 0.4) is 0 Å². The molecule has 0 saturated carbocycles. The zero-order chi connectivity index (χ0) is 6.41. The highest BCUT2D eigenvalue weighted by atomic mass is 31.0. The third-order valence-corrected chi connectivity index (χ3v) is 0.542. The van der Waals surface area contributed by atoms with Crippen LogP contribution in [0, 0.1) is 0 Å². The minimum absolute atomic E-state index is 0. The van der Waals surface area contributed by atoms with Crippen molar-refractivity contribution >= 4 is 15.9 Å². The second-order valence-electron chi connectivity index (χ2n) is 1.22. The van der Waals surface area contributed by atoms with E-state index in [0.29, 0.717) is 0 Å². The van der Waals surface area contributed by atoms with Crippen LogP contribution in [0.25, 0.3) is 0 Å². The van der Waals surface area contributed by atoms with Gasteiger partial charge in [-0.1, -0.05) is 18.2 Å². The molecule has 0 fully saturated rings. The van der Waals surface area contributed by atoms with E-state index in [9.17, 15) is 4.79 Å². The topological polar surface area (TPSA) is 37.3 Å². The van der Waals surface area contributed by atoms with Gasteiger partial charge in [-0.15, -0.1) is 0 Å². The Morgan fingerprint density at radius 1 is 1.44 bits per heavy atom. The zero-order valence-electron chi connectivity index (χ0n) is 5.37. The lowest BCUT2D eigenvalue weighted by atomic mass is 10.4. The lowest BCUT2D eigenvalue weighted by molar-refractivity contribution is -0.131. The largest absolute Gasteiger partial charge is 0.478 e. The Labute approximate surface area is 57.9 Å². The second-order valence-corrected chi connectivity index (χ2v) is 1.22. The Kier molecular flexibility index (Phi) is 9.19. The summed E-state index contributed by atoms with van der Waals surface area (Å²) < 4.78 is 0. The first-order chi connectivity index (χ1) is 3.77. The lowest BCUT2D eigenvalue weighted by Crippen LogP contribution is -1.83. The van der Waals surface area contributed by atoms with Crippen LogP contribution in [0.5, 0.6) is 0 Å². The number of carboxylic acid groups (broad SMARTS) is 1. The summed E-state index contributed by atoms with van der Waals surface area (Å²) >= 11 is 0. The van der Waals surface area contributed by atoms with Gasteiger partial charge in [0, 0.05) is 6.08 Å². The monoisotopic (exact) mass is 146 g/mol. The minimum atomic E-state index is -0.914. The first-order valence-corrected chi connectivity index (χ1v) is 2.29. The highest BCUT2D eigenvalue weighted by Crippen LogP contribution is 1.74. The molecule has 3 heteroatoms. The van der Waals surface area contributed by atoms with E-state index < -0.39 is 5.97 Å². The van der Waals surface area contributed by atoms with E-state index in [2.05, 4.69) is 0 Å². The van der Waals surface area contributed by atoms with Crippen LogP contribution >= 0.6 is 9.90 Å². The van der Waals surface area contributed by atoms with Crippen molar-refractivity contribution in [1.82, 2.24) is 0 Å². The minimum Gasteiger partial charge on any atom is -0.478 e. The molecule has 0 aliphatic heterocycles. The lowest BCUT2D eigenvalue weighted by Gasteiger charge is -1.72. The molecule has 0 rings (SSSR count). The maximum absolute atomic E-state index is 9.75. The number of hydrogen-bond acceptors (Lipinski definition) is 1. The summed E-state index contributed by atoms with van der Waals surface area (Å²) in [5, 5.41) is 8.02. The number of rotatable bonds is 2. The summed E-state index contributed by atoms with van der Waals surface area (Å²) in [6.45, 7) is 1.83. The van der Waals surface area contributed by atoms with E-state index in [1.807, 2.05) is 6.92 Å². The second kappa shape index (κ2) is 7.38. The average molecular weight is 146 g/mol. The number of carboxylic acids is 1. The number of carbonyl (C=O) groups is 1. The van der Waals surface area contributed by atoms with Crippen molar-refractivity contribution in [2.45, 2.75) is 6.92 Å². The van der Waals surface area contributed by atoms with E-state index >= 15 is 0 Å². The first-order valence-electron chi connectivity index (χ1n) is 2.29. The van der Waals surface area contributed by atoms with Crippen LogP contribution in [-0.4, -0.2) is 11.1 Å². The van der Waals surface area contributed by atoms with Crippen molar-refractivity contribution in [2.24, 2.45) is 0 Å². The molecule has 1 unspecified atom stereocenters. The average Bonchev–Trinajstić information content (AvgIpc) is 1.66. The van der Waals surface area contributed by atoms with Crippen LogP contribution in [-0.2, 0) is 4.79 Å². The predicted molar refractivity (Wildman–Crippen MR) is 42.7 cm³/mol. The van der Waals surface area contributed by atoms with Gasteiger partial charge >= 0.3 is 5.97 Å². The molecular formula is C6H11O2P. The van der Waals surface area contributed by atoms with E-state index in [0.717, 1.165) is 6.08 Å². The van der Waals surface area contributed by atoms with E-state index in [-0.39, 0.29) is 9.90 Å². The van der Waals surface area contributed by atoms with Gasteiger partial charge in [0.2, 0.25) is 0 Å². The number of allylic oxidation sites excluding steroid dienone is 3. The molecule has 9 heavy (non-hydrogen) atoms. The maximum atomic E-state index is 9.75. The molecule has 0 aromatic carbocycles. The van der Waals surface area contributed by atoms with Crippen molar-refractivity contribution in [3.63, 3.8) is 0 Å². The maximum Gasteiger partial charge on any atom is 0.328 e. The number of aliphatic carboxylic acids is 1. The van der Waals surface area contributed by atoms with Crippen LogP contribution < -0.4 is 0 Å². The van der Waals surface area contributed by atoms with Crippen molar-refractivity contribution in [3.8, 4) is 0 Å². The summed E-state index contributed by atoms with van der Waals surface area (Å²) in [6.07, 6.45) is 5.98. The Morgan fingerprint density at radius 3 is 2.33 bits per heavy atom. The fourth-order valence-corrected chi connectivity index (χ4v) is 0.249. The molecule has 52 valence electrons. The Morgan fingerprint density at radius 2 is 2.00 bits per heavy atom. The number of hydrogen-bond donors (Lipinski definition) is 1. The zero-order valence-corrected chi connectivity index (χ0v) is 6.79. The van der Waals surface area contributed by atoms with Crippen molar-refractivity contribution < 1.29 is 9.90 Å².